The molecule has 3 nitrogen and oxygen atoms in total. The number of thiocarbonyl (C=S) groups is 1. The van der Waals surface area contributed by atoms with Crippen LogP contribution >= 0.6 is 12.2 Å². The van der Waals surface area contributed by atoms with Crippen LogP contribution in [0.15, 0.2) is 0 Å². The molecule has 1 rings (SSSR count). The maximum absolute atomic E-state index is 8.89. The fourth-order valence-corrected chi connectivity index (χ4v) is 2.49. The minimum Gasteiger partial charge on any atom is -0.396 e. The van der Waals surface area contributed by atoms with Crippen molar-refractivity contribution in [3.63, 3.8) is 0 Å². The van der Waals surface area contributed by atoms with Gasteiger partial charge in [0.05, 0.1) is 4.99 Å². The first-order valence-electron chi connectivity index (χ1n) is 6.62. The number of hydrogen-bond donors (Lipinski definition) is 2. The monoisotopic (exact) mass is 258 g/mol. The fraction of sp³-hybridized carbons (Fsp3) is 0.923. The average molecular weight is 258 g/mol. The van der Waals surface area contributed by atoms with Gasteiger partial charge in [-0.05, 0) is 45.2 Å². The summed E-state index contributed by atoms with van der Waals surface area (Å²) in [6, 6.07) is 0.657. The summed E-state index contributed by atoms with van der Waals surface area (Å²) >= 11 is 5.10. The fourth-order valence-electron chi connectivity index (χ4n) is 2.39. The lowest BCUT2D eigenvalue weighted by Gasteiger charge is -2.29. The van der Waals surface area contributed by atoms with Gasteiger partial charge in [0.2, 0.25) is 0 Å². The van der Waals surface area contributed by atoms with Crippen molar-refractivity contribution in [3.05, 3.63) is 0 Å². The third kappa shape index (κ3) is 4.53. The molecule has 1 aliphatic rings. The first kappa shape index (κ1) is 14.9. The van der Waals surface area contributed by atoms with Gasteiger partial charge >= 0.3 is 0 Å². The smallest absolute Gasteiger partial charge is 0.0784 e. The van der Waals surface area contributed by atoms with E-state index in [0.717, 1.165) is 25.8 Å². The molecule has 1 saturated heterocycles. The molecule has 0 saturated carbocycles. The van der Waals surface area contributed by atoms with Gasteiger partial charge in [0.1, 0.15) is 0 Å². The van der Waals surface area contributed by atoms with Crippen molar-refractivity contribution in [2.75, 3.05) is 19.7 Å². The summed E-state index contributed by atoms with van der Waals surface area (Å²) in [5.41, 5.74) is 5.71. The molecule has 0 spiro atoms. The van der Waals surface area contributed by atoms with E-state index in [2.05, 4.69) is 18.7 Å². The predicted molar refractivity (Wildman–Crippen MR) is 76.1 cm³/mol. The number of hydrogen-bond acceptors (Lipinski definition) is 3. The van der Waals surface area contributed by atoms with Crippen LogP contribution in [-0.2, 0) is 0 Å². The molecular weight excluding hydrogens is 232 g/mol. The van der Waals surface area contributed by atoms with Gasteiger partial charge in [-0.3, -0.25) is 0 Å². The zero-order valence-electron chi connectivity index (χ0n) is 11.1. The van der Waals surface area contributed by atoms with E-state index in [9.17, 15) is 0 Å². The van der Waals surface area contributed by atoms with Gasteiger partial charge in [-0.1, -0.05) is 26.1 Å². The Balaban J connectivity index is 2.37. The standard InChI is InChI=1S/C13H26N2OS/c1-13(2,12(14)17)7-9-15-8-3-5-11(15)6-4-10-16/h11,16H,3-10H2,1-2H3,(H2,14,17). The van der Waals surface area contributed by atoms with Crippen molar-refractivity contribution in [3.8, 4) is 0 Å². The summed E-state index contributed by atoms with van der Waals surface area (Å²) in [5.74, 6) is 0. The van der Waals surface area contributed by atoms with Crippen LogP contribution in [0, 0.1) is 5.41 Å². The maximum Gasteiger partial charge on any atom is 0.0784 e. The SMILES string of the molecule is CC(C)(CCN1CCCC1CCCO)C(N)=S. The molecule has 1 heterocycles. The van der Waals surface area contributed by atoms with Crippen molar-refractivity contribution in [2.24, 2.45) is 11.1 Å². The Morgan fingerprint density at radius 2 is 2.24 bits per heavy atom. The highest BCUT2D eigenvalue weighted by Crippen LogP contribution is 2.26. The van der Waals surface area contributed by atoms with Gasteiger partial charge in [0.15, 0.2) is 0 Å². The van der Waals surface area contributed by atoms with Crippen LogP contribution < -0.4 is 5.73 Å². The number of likely N-dealkylation sites (tertiary alicyclic amines) is 1. The highest BCUT2D eigenvalue weighted by molar-refractivity contribution is 7.80. The highest BCUT2D eigenvalue weighted by atomic mass is 32.1. The molecule has 0 aromatic heterocycles. The average Bonchev–Trinajstić information content (AvgIpc) is 2.71. The first-order valence-corrected chi connectivity index (χ1v) is 7.03. The van der Waals surface area contributed by atoms with Gasteiger partial charge in [0, 0.05) is 18.1 Å². The van der Waals surface area contributed by atoms with Gasteiger partial charge in [-0.25, -0.2) is 0 Å². The molecule has 0 aromatic rings. The predicted octanol–water partition coefficient (Wildman–Crippen LogP) is 1.93. The molecule has 3 N–H and O–H groups in total. The molecule has 1 unspecified atom stereocenters. The van der Waals surface area contributed by atoms with Crippen LogP contribution in [0.2, 0.25) is 0 Å². The summed E-state index contributed by atoms with van der Waals surface area (Å²) < 4.78 is 0. The Morgan fingerprint density at radius 3 is 2.82 bits per heavy atom. The highest BCUT2D eigenvalue weighted by Gasteiger charge is 2.27. The number of nitrogens with zero attached hydrogens (tertiary/aromatic N) is 1. The lowest BCUT2D eigenvalue weighted by molar-refractivity contribution is 0.202. The van der Waals surface area contributed by atoms with Crippen molar-refractivity contribution < 1.29 is 5.11 Å². The van der Waals surface area contributed by atoms with Crippen molar-refractivity contribution in [2.45, 2.75) is 52.0 Å². The molecule has 100 valence electrons. The molecule has 0 aliphatic carbocycles. The van der Waals surface area contributed by atoms with Crippen LogP contribution in [-0.4, -0.2) is 40.7 Å². The molecule has 0 radical (unpaired) electrons. The number of rotatable bonds is 7. The largest absolute Gasteiger partial charge is 0.396 e. The van der Waals surface area contributed by atoms with Crippen LogP contribution in [0.3, 0.4) is 0 Å². The van der Waals surface area contributed by atoms with Crippen LogP contribution in [0.5, 0.6) is 0 Å². The summed E-state index contributed by atoms with van der Waals surface area (Å²) in [6.07, 6.45) is 5.61. The number of nitrogens with two attached hydrogens (primary N) is 1. The van der Waals surface area contributed by atoms with E-state index < -0.39 is 0 Å². The normalized spacial score (nSPS) is 21.9. The van der Waals surface area contributed by atoms with Crippen molar-refractivity contribution in [1.82, 2.24) is 4.90 Å². The lowest BCUT2D eigenvalue weighted by Crippen LogP contribution is -2.37. The van der Waals surface area contributed by atoms with E-state index in [1.165, 1.54) is 19.4 Å². The van der Waals surface area contributed by atoms with Crippen LogP contribution in [0.4, 0.5) is 0 Å². The summed E-state index contributed by atoms with van der Waals surface area (Å²) in [7, 11) is 0. The summed E-state index contributed by atoms with van der Waals surface area (Å²) in [5, 5.41) is 8.89. The number of aliphatic hydroxyl groups excluding tert-OH is 1. The van der Waals surface area contributed by atoms with Gasteiger partial charge in [-0.15, -0.1) is 0 Å². The molecule has 1 aliphatic heterocycles. The molecule has 17 heavy (non-hydrogen) atoms. The maximum atomic E-state index is 8.89. The Labute approximate surface area is 110 Å². The quantitative estimate of drug-likeness (QED) is 0.685. The second-order valence-electron chi connectivity index (χ2n) is 5.70. The lowest BCUT2D eigenvalue weighted by atomic mass is 9.89. The van der Waals surface area contributed by atoms with E-state index in [4.69, 9.17) is 23.1 Å². The van der Waals surface area contributed by atoms with E-state index >= 15 is 0 Å². The second kappa shape index (κ2) is 6.66. The zero-order chi connectivity index (χ0) is 12.9. The summed E-state index contributed by atoms with van der Waals surface area (Å²) in [6.45, 7) is 6.80. The molecule has 1 atom stereocenters. The van der Waals surface area contributed by atoms with E-state index in [1.54, 1.807) is 0 Å². The van der Waals surface area contributed by atoms with Crippen LogP contribution in [0.1, 0.15) is 46.0 Å². The molecule has 0 amide bonds. The summed E-state index contributed by atoms with van der Waals surface area (Å²) in [4.78, 5) is 3.15. The van der Waals surface area contributed by atoms with Crippen molar-refractivity contribution >= 4 is 17.2 Å². The third-order valence-electron chi connectivity index (χ3n) is 3.89. The van der Waals surface area contributed by atoms with E-state index in [-0.39, 0.29) is 5.41 Å². The first-order chi connectivity index (χ1) is 7.97. The van der Waals surface area contributed by atoms with Gasteiger partial charge in [0.25, 0.3) is 0 Å². The minimum atomic E-state index is -0.0422. The molecule has 0 bridgehead atoms. The van der Waals surface area contributed by atoms with Crippen LogP contribution in [0.25, 0.3) is 0 Å². The Hall–Kier alpha value is -0.190. The molecule has 1 fully saturated rings. The van der Waals surface area contributed by atoms with Gasteiger partial charge in [-0.2, -0.15) is 0 Å². The molecule has 0 aromatic carbocycles. The Bertz CT molecular complexity index is 256. The Kier molecular flexibility index (Phi) is 5.83. The molecular formula is C13H26N2OS. The molecule has 4 heteroatoms. The third-order valence-corrected chi connectivity index (χ3v) is 4.44. The second-order valence-corrected chi connectivity index (χ2v) is 6.14. The minimum absolute atomic E-state index is 0.0422. The topological polar surface area (TPSA) is 49.5 Å². The Morgan fingerprint density at radius 1 is 1.53 bits per heavy atom. The van der Waals surface area contributed by atoms with E-state index in [1.807, 2.05) is 0 Å². The van der Waals surface area contributed by atoms with E-state index in [0.29, 0.717) is 17.6 Å². The zero-order valence-corrected chi connectivity index (χ0v) is 11.9. The van der Waals surface area contributed by atoms with Crippen molar-refractivity contribution in [1.29, 1.82) is 0 Å². The van der Waals surface area contributed by atoms with Gasteiger partial charge < -0.3 is 15.7 Å². The number of aliphatic hydroxyl groups is 1.